The Morgan fingerprint density at radius 2 is 2.18 bits per heavy atom. The maximum Gasteiger partial charge on any atom is 0.270 e. The van der Waals surface area contributed by atoms with Gasteiger partial charge in [0, 0.05) is 41.8 Å². The van der Waals surface area contributed by atoms with Crippen LogP contribution >= 0.6 is 0 Å². The lowest BCUT2D eigenvalue weighted by Gasteiger charge is -2.32. The SMILES string of the molecule is O=C(c1cc2ccccc2[nH]1)N1CCCC(c2ccn[nH]2)C1. The average molecular weight is 294 g/mol. The first-order chi connectivity index (χ1) is 10.8. The van der Waals surface area contributed by atoms with Crippen molar-refractivity contribution in [2.75, 3.05) is 13.1 Å². The zero-order valence-corrected chi connectivity index (χ0v) is 12.2. The molecule has 5 heteroatoms. The third-order valence-electron chi connectivity index (χ3n) is 4.43. The molecule has 0 aliphatic carbocycles. The van der Waals surface area contributed by atoms with Crippen molar-refractivity contribution >= 4 is 16.8 Å². The van der Waals surface area contributed by atoms with E-state index in [0.717, 1.165) is 42.5 Å². The molecular formula is C17H18N4O. The number of carbonyl (C=O) groups is 1. The average Bonchev–Trinajstić information content (AvgIpc) is 3.23. The number of piperidine rings is 1. The summed E-state index contributed by atoms with van der Waals surface area (Å²) in [5.74, 6) is 0.435. The van der Waals surface area contributed by atoms with Crippen LogP contribution in [0.5, 0.6) is 0 Å². The number of carbonyl (C=O) groups excluding carboxylic acids is 1. The van der Waals surface area contributed by atoms with Crippen molar-refractivity contribution in [2.24, 2.45) is 0 Å². The molecule has 3 heterocycles. The summed E-state index contributed by atoms with van der Waals surface area (Å²) in [6.45, 7) is 1.56. The van der Waals surface area contributed by atoms with Gasteiger partial charge in [0.1, 0.15) is 5.69 Å². The fraction of sp³-hybridized carbons (Fsp3) is 0.294. The van der Waals surface area contributed by atoms with E-state index < -0.39 is 0 Å². The van der Waals surface area contributed by atoms with Crippen LogP contribution < -0.4 is 0 Å². The van der Waals surface area contributed by atoms with E-state index in [2.05, 4.69) is 15.2 Å². The van der Waals surface area contributed by atoms with E-state index in [-0.39, 0.29) is 5.91 Å². The van der Waals surface area contributed by atoms with Gasteiger partial charge in [0.2, 0.25) is 0 Å². The van der Waals surface area contributed by atoms with Gasteiger partial charge in [0.05, 0.1) is 0 Å². The van der Waals surface area contributed by atoms with Gasteiger partial charge in [-0.15, -0.1) is 0 Å². The number of H-pyrrole nitrogens is 2. The van der Waals surface area contributed by atoms with E-state index >= 15 is 0 Å². The maximum absolute atomic E-state index is 12.8. The van der Waals surface area contributed by atoms with Crippen LogP contribution in [-0.4, -0.2) is 39.1 Å². The number of amides is 1. The summed E-state index contributed by atoms with van der Waals surface area (Å²) in [7, 11) is 0. The molecule has 112 valence electrons. The minimum atomic E-state index is 0.0837. The van der Waals surface area contributed by atoms with E-state index in [1.54, 1.807) is 6.20 Å². The Labute approximate surface area is 128 Å². The van der Waals surface area contributed by atoms with Crippen molar-refractivity contribution in [3.63, 3.8) is 0 Å². The van der Waals surface area contributed by atoms with Crippen LogP contribution in [-0.2, 0) is 0 Å². The van der Waals surface area contributed by atoms with Gasteiger partial charge in [0.25, 0.3) is 5.91 Å². The van der Waals surface area contributed by atoms with Crippen molar-refractivity contribution < 1.29 is 4.79 Å². The summed E-state index contributed by atoms with van der Waals surface area (Å²) in [5, 5.41) is 8.13. The fourth-order valence-electron chi connectivity index (χ4n) is 3.27. The number of benzene rings is 1. The lowest BCUT2D eigenvalue weighted by atomic mass is 9.95. The van der Waals surface area contributed by atoms with Crippen LogP contribution in [0.3, 0.4) is 0 Å². The highest BCUT2D eigenvalue weighted by Crippen LogP contribution is 2.26. The lowest BCUT2D eigenvalue weighted by molar-refractivity contribution is 0.0701. The highest BCUT2D eigenvalue weighted by molar-refractivity contribution is 5.98. The molecule has 4 rings (SSSR count). The molecular weight excluding hydrogens is 276 g/mol. The predicted molar refractivity (Wildman–Crippen MR) is 84.8 cm³/mol. The van der Waals surface area contributed by atoms with Crippen molar-refractivity contribution in [1.29, 1.82) is 0 Å². The molecule has 0 bridgehead atoms. The van der Waals surface area contributed by atoms with Crippen molar-refractivity contribution in [1.82, 2.24) is 20.1 Å². The van der Waals surface area contributed by atoms with Gasteiger partial charge in [-0.25, -0.2) is 0 Å². The number of likely N-dealkylation sites (tertiary alicyclic amines) is 1. The van der Waals surface area contributed by atoms with Gasteiger partial charge in [-0.1, -0.05) is 18.2 Å². The van der Waals surface area contributed by atoms with E-state index in [1.165, 1.54) is 0 Å². The van der Waals surface area contributed by atoms with Gasteiger partial charge in [-0.3, -0.25) is 9.89 Å². The molecule has 1 unspecified atom stereocenters. The first kappa shape index (κ1) is 13.1. The number of aromatic amines is 2. The molecule has 2 aromatic heterocycles. The number of rotatable bonds is 2. The quantitative estimate of drug-likeness (QED) is 0.763. The molecule has 1 amide bonds. The smallest absolute Gasteiger partial charge is 0.270 e. The number of fused-ring (bicyclic) bond motifs is 1. The predicted octanol–water partition coefficient (Wildman–Crippen LogP) is 2.91. The monoisotopic (exact) mass is 294 g/mol. The summed E-state index contributed by atoms with van der Waals surface area (Å²) >= 11 is 0. The van der Waals surface area contributed by atoms with Crippen LogP contribution in [0, 0.1) is 0 Å². The van der Waals surface area contributed by atoms with Gasteiger partial charge in [0.15, 0.2) is 0 Å². The van der Waals surface area contributed by atoms with Crippen LogP contribution in [0.25, 0.3) is 10.9 Å². The molecule has 1 saturated heterocycles. The van der Waals surface area contributed by atoms with Crippen LogP contribution in [0.15, 0.2) is 42.6 Å². The Morgan fingerprint density at radius 1 is 1.27 bits per heavy atom. The molecule has 0 spiro atoms. The molecule has 1 aromatic carbocycles. The largest absolute Gasteiger partial charge is 0.351 e. The second-order valence-corrected chi connectivity index (χ2v) is 5.87. The molecule has 5 nitrogen and oxygen atoms in total. The molecule has 0 saturated carbocycles. The second-order valence-electron chi connectivity index (χ2n) is 5.87. The van der Waals surface area contributed by atoms with E-state index in [0.29, 0.717) is 11.6 Å². The normalized spacial score (nSPS) is 18.7. The third-order valence-corrected chi connectivity index (χ3v) is 4.43. The van der Waals surface area contributed by atoms with Crippen LogP contribution in [0.1, 0.15) is 34.9 Å². The number of aromatic nitrogens is 3. The maximum atomic E-state index is 12.8. The Kier molecular flexibility index (Phi) is 3.18. The topological polar surface area (TPSA) is 64.8 Å². The molecule has 1 aliphatic heterocycles. The number of nitrogens with one attached hydrogen (secondary N) is 2. The van der Waals surface area contributed by atoms with Gasteiger partial charge < -0.3 is 9.88 Å². The molecule has 1 fully saturated rings. The summed E-state index contributed by atoms with van der Waals surface area (Å²) in [6.07, 6.45) is 3.89. The molecule has 1 aliphatic rings. The van der Waals surface area contributed by atoms with E-state index in [9.17, 15) is 4.79 Å². The first-order valence-electron chi connectivity index (χ1n) is 7.67. The first-order valence-corrected chi connectivity index (χ1v) is 7.67. The van der Waals surface area contributed by atoms with E-state index in [1.807, 2.05) is 41.3 Å². The summed E-state index contributed by atoms with van der Waals surface area (Å²) in [6, 6.07) is 11.9. The minimum absolute atomic E-state index is 0.0837. The van der Waals surface area contributed by atoms with Crippen LogP contribution in [0.2, 0.25) is 0 Å². The second kappa shape index (κ2) is 5.33. The molecule has 22 heavy (non-hydrogen) atoms. The lowest BCUT2D eigenvalue weighted by Crippen LogP contribution is -2.39. The Hall–Kier alpha value is -2.56. The van der Waals surface area contributed by atoms with Crippen molar-refractivity contribution in [3.05, 3.63) is 54.0 Å². The highest BCUT2D eigenvalue weighted by atomic mass is 16.2. The Bertz CT molecular complexity index is 757. The number of hydrogen-bond donors (Lipinski definition) is 2. The van der Waals surface area contributed by atoms with Gasteiger partial charge in [-0.05, 0) is 31.0 Å². The number of nitrogens with zero attached hydrogens (tertiary/aromatic N) is 2. The summed E-state index contributed by atoms with van der Waals surface area (Å²) < 4.78 is 0. The Morgan fingerprint density at radius 3 is 3.00 bits per heavy atom. The number of para-hydroxylation sites is 1. The number of hydrogen-bond acceptors (Lipinski definition) is 2. The summed E-state index contributed by atoms with van der Waals surface area (Å²) in [4.78, 5) is 17.9. The molecule has 2 N–H and O–H groups in total. The standard InChI is InChI=1S/C17H18N4O/c22-17(16-10-12-4-1-2-6-14(12)19-16)21-9-3-5-13(11-21)15-7-8-18-20-15/h1-2,4,6-8,10,13,19H,3,5,9,11H2,(H,18,20). The molecule has 1 atom stereocenters. The molecule has 0 radical (unpaired) electrons. The van der Waals surface area contributed by atoms with Crippen molar-refractivity contribution in [3.8, 4) is 0 Å². The summed E-state index contributed by atoms with van der Waals surface area (Å²) in [5.41, 5.74) is 2.80. The Balaban J connectivity index is 1.56. The van der Waals surface area contributed by atoms with Crippen molar-refractivity contribution in [2.45, 2.75) is 18.8 Å². The zero-order valence-electron chi connectivity index (χ0n) is 12.2. The molecule has 3 aromatic rings. The van der Waals surface area contributed by atoms with Gasteiger partial charge >= 0.3 is 0 Å². The fourth-order valence-corrected chi connectivity index (χ4v) is 3.27. The highest BCUT2D eigenvalue weighted by Gasteiger charge is 2.26. The van der Waals surface area contributed by atoms with Gasteiger partial charge in [-0.2, -0.15) is 5.10 Å². The van der Waals surface area contributed by atoms with Crippen LogP contribution in [0.4, 0.5) is 0 Å². The zero-order chi connectivity index (χ0) is 14.9. The minimum Gasteiger partial charge on any atom is -0.351 e. The third kappa shape index (κ3) is 2.28. The van der Waals surface area contributed by atoms with E-state index in [4.69, 9.17) is 0 Å².